The number of halogens is 1. The monoisotopic (exact) mass is 420 g/mol. The summed E-state index contributed by atoms with van der Waals surface area (Å²) in [4.78, 5) is 23.5. The summed E-state index contributed by atoms with van der Waals surface area (Å²) in [5.41, 5.74) is 0.442. The first-order valence-corrected chi connectivity index (χ1v) is 9.80. The predicted molar refractivity (Wildman–Crippen MR) is 112 cm³/mol. The van der Waals surface area contributed by atoms with Gasteiger partial charge in [0.2, 0.25) is 0 Å². The summed E-state index contributed by atoms with van der Waals surface area (Å²) in [6.45, 7) is 8.66. The summed E-state index contributed by atoms with van der Waals surface area (Å²) in [6.07, 6.45) is 0. The SMILES string of the molecule is CCOc1ccc(C(NC(=O)c2ccc(Cl)cc2[N+](=O)[O-])C(C)C)cc1OCC. The zero-order chi connectivity index (χ0) is 21.6. The maximum atomic E-state index is 12.8. The molecule has 1 N–H and O–H groups in total. The second kappa shape index (κ2) is 10.1. The highest BCUT2D eigenvalue weighted by atomic mass is 35.5. The molecule has 1 amide bonds. The topological polar surface area (TPSA) is 90.7 Å². The van der Waals surface area contributed by atoms with Gasteiger partial charge in [-0.05, 0) is 49.6 Å². The predicted octanol–water partition coefficient (Wildman–Crippen LogP) is 5.17. The number of rotatable bonds is 9. The molecule has 8 heteroatoms. The van der Waals surface area contributed by atoms with Crippen LogP contribution in [0.5, 0.6) is 11.5 Å². The van der Waals surface area contributed by atoms with E-state index in [0.717, 1.165) is 5.56 Å². The molecule has 0 bridgehead atoms. The third-order valence-corrected chi connectivity index (χ3v) is 4.52. The van der Waals surface area contributed by atoms with Crippen LogP contribution in [0.4, 0.5) is 5.69 Å². The molecule has 0 heterocycles. The van der Waals surface area contributed by atoms with Gasteiger partial charge >= 0.3 is 0 Å². The maximum absolute atomic E-state index is 12.8. The highest BCUT2D eigenvalue weighted by Gasteiger charge is 2.25. The Kier molecular flexibility index (Phi) is 7.84. The fourth-order valence-electron chi connectivity index (χ4n) is 2.96. The van der Waals surface area contributed by atoms with Gasteiger partial charge in [0.15, 0.2) is 11.5 Å². The first-order valence-electron chi connectivity index (χ1n) is 9.42. The summed E-state index contributed by atoms with van der Waals surface area (Å²) in [5, 5.41) is 14.4. The average Bonchev–Trinajstić information content (AvgIpc) is 2.67. The van der Waals surface area contributed by atoms with Crippen LogP contribution in [0.3, 0.4) is 0 Å². The Morgan fingerprint density at radius 2 is 1.76 bits per heavy atom. The van der Waals surface area contributed by atoms with E-state index in [1.54, 1.807) is 6.07 Å². The van der Waals surface area contributed by atoms with Crippen LogP contribution >= 0.6 is 11.6 Å². The molecule has 7 nitrogen and oxygen atoms in total. The van der Waals surface area contributed by atoms with Crippen molar-refractivity contribution in [3.63, 3.8) is 0 Å². The van der Waals surface area contributed by atoms with E-state index in [0.29, 0.717) is 24.7 Å². The summed E-state index contributed by atoms with van der Waals surface area (Å²) < 4.78 is 11.3. The molecule has 0 saturated carbocycles. The highest BCUT2D eigenvalue weighted by molar-refractivity contribution is 6.31. The minimum atomic E-state index is -0.616. The summed E-state index contributed by atoms with van der Waals surface area (Å²) in [5.74, 6) is 0.695. The first-order chi connectivity index (χ1) is 13.8. The number of hydrogen-bond donors (Lipinski definition) is 1. The van der Waals surface area contributed by atoms with Crippen molar-refractivity contribution in [1.29, 1.82) is 0 Å². The molecule has 0 fully saturated rings. The Balaban J connectivity index is 2.37. The van der Waals surface area contributed by atoms with E-state index in [4.69, 9.17) is 21.1 Å². The van der Waals surface area contributed by atoms with Crippen LogP contribution in [0.1, 0.15) is 49.7 Å². The van der Waals surface area contributed by atoms with E-state index >= 15 is 0 Å². The number of benzene rings is 2. The van der Waals surface area contributed by atoms with Crippen molar-refractivity contribution in [2.24, 2.45) is 5.92 Å². The van der Waals surface area contributed by atoms with Crippen LogP contribution in [0.25, 0.3) is 0 Å². The molecular weight excluding hydrogens is 396 g/mol. The van der Waals surface area contributed by atoms with Crippen LogP contribution in [-0.4, -0.2) is 24.0 Å². The number of nitrogens with zero attached hydrogens (tertiary/aromatic N) is 1. The lowest BCUT2D eigenvalue weighted by molar-refractivity contribution is -0.385. The number of carbonyl (C=O) groups excluding carboxylic acids is 1. The zero-order valence-electron chi connectivity index (χ0n) is 16.9. The smallest absolute Gasteiger partial charge is 0.283 e. The summed E-state index contributed by atoms with van der Waals surface area (Å²) in [6, 6.07) is 9.09. The lowest BCUT2D eigenvalue weighted by Gasteiger charge is -2.24. The van der Waals surface area contributed by atoms with Gasteiger partial charge in [0.1, 0.15) is 5.56 Å². The average molecular weight is 421 g/mol. The lowest BCUT2D eigenvalue weighted by Crippen LogP contribution is -2.32. The van der Waals surface area contributed by atoms with Crippen molar-refractivity contribution in [3.8, 4) is 11.5 Å². The number of amides is 1. The molecule has 2 aromatic rings. The Morgan fingerprint density at radius 3 is 2.34 bits per heavy atom. The Bertz CT molecular complexity index is 885. The molecule has 0 aliphatic rings. The van der Waals surface area contributed by atoms with Crippen molar-refractivity contribution in [2.45, 2.75) is 33.7 Å². The molecule has 0 aliphatic carbocycles. The molecular formula is C21H25ClN2O5. The van der Waals surface area contributed by atoms with E-state index < -0.39 is 10.8 Å². The molecule has 156 valence electrons. The molecule has 1 atom stereocenters. The van der Waals surface area contributed by atoms with E-state index in [1.807, 2.05) is 39.8 Å². The Hall–Kier alpha value is -2.80. The van der Waals surface area contributed by atoms with Crippen LogP contribution in [-0.2, 0) is 0 Å². The van der Waals surface area contributed by atoms with Crippen LogP contribution in [0.2, 0.25) is 5.02 Å². The quantitative estimate of drug-likeness (QED) is 0.446. The van der Waals surface area contributed by atoms with Gasteiger partial charge < -0.3 is 14.8 Å². The van der Waals surface area contributed by atoms with Gasteiger partial charge in [0, 0.05) is 11.1 Å². The zero-order valence-corrected chi connectivity index (χ0v) is 17.7. The molecule has 0 saturated heterocycles. The highest BCUT2D eigenvalue weighted by Crippen LogP contribution is 2.33. The number of carbonyl (C=O) groups is 1. The standard InChI is InChI=1S/C21H25ClN2O5/c1-5-28-18-10-7-14(11-19(18)29-6-2)20(13(3)4)23-21(25)16-9-8-15(22)12-17(16)24(26)27/h7-13,20H,5-6H2,1-4H3,(H,23,25). The van der Waals surface area contributed by atoms with Gasteiger partial charge in [0.05, 0.1) is 24.2 Å². The fourth-order valence-corrected chi connectivity index (χ4v) is 3.13. The lowest BCUT2D eigenvalue weighted by atomic mass is 9.95. The Labute approximate surface area is 175 Å². The number of ether oxygens (including phenoxy) is 2. The van der Waals surface area contributed by atoms with Gasteiger partial charge in [-0.25, -0.2) is 0 Å². The van der Waals surface area contributed by atoms with Crippen LogP contribution in [0.15, 0.2) is 36.4 Å². The van der Waals surface area contributed by atoms with Crippen LogP contribution in [0, 0.1) is 16.0 Å². The molecule has 0 aliphatic heterocycles. The first kappa shape index (κ1) is 22.5. The van der Waals surface area contributed by atoms with Crippen molar-refractivity contribution >= 4 is 23.2 Å². The normalized spacial score (nSPS) is 11.8. The van der Waals surface area contributed by atoms with E-state index in [9.17, 15) is 14.9 Å². The van der Waals surface area contributed by atoms with E-state index in [-0.39, 0.29) is 28.2 Å². The van der Waals surface area contributed by atoms with Crippen molar-refractivity contribution in [2.75, 3.05) is 13.2 Å². The van der Waals surface area contributed by atoms with Crippen molar-refractivity contribution in [1.82, 2.24) is 5.32 Å². The molecule has 0 aromatic heterocycles. The van der Waals surface area contributed by atoms with Crippen molar-refractivity contribution in [3.05, 3.63) is 62.7 Å². The summed E-state index contributed by atoms with van der Waals surface area (Å²) in [7, 11) is 0. The minimum Gasteiger partial charge on any atom is -0.490 e. The second-order valence-electron chi connectivity index (χ2n) is 6.69. The minimum absolute atomic E-state index is 0.0257. The molecule has 1 unspecified atom stereocenters. The maximum Gasteiger partial charge on any atom is 0.283 e. The fraction of sp³-hybridized carbons (Fsp3) is 0.381. The van der Waals surface area contributed by atoms with Gasteiger partial charge in [0.25, 0.3) is 11.6 Å². The number of nitro groups is 1. The van der Waals surface area contributed by atoms with E-state index in [1.165, 1.54) is 18.2 Å². The molecule has 2 rings (SSSR count). The largest absolute Gasteiger partial charge is 0.490 e. The van der Waals surface area contributed by atoms with E-state index in [2.05, 4.69) is 5.32 Å². The second-order valence-corrected chi connectivity index (χ2v) is 7.12. The van der Waals surface area contributed by atoms with Gasteiger partial charge in [-0.1, -0.05) is 31.5 Å². The third-order valence-electron chi connectivity index (χ3n) is 4.28. The molecule has 29 heavy (non-hydrogen) atoms. The van der Waals surface area contributed by atoms with Gasteiger partial charge in [-0.15, -0.1) is 0 Å². The van der Waals surface area contributed by atoms with Gasteiger partial charge in [-0.2, -0.15) is 0 Å². The number of nitrogens with one attached hydrogen (secondary N) is 1. The molecule has 2 aromatic carbocycles. The van der Waals surface area contributed by atoms with Crippen LogP contribution < -0.4 is 14.8 Å². The van der Waals surface area contributed by atoms with Crippen molar-refractivity contribution < 1.29 is 19.2 Å². The van der Waals surface area contributed by atoms with Gasteiger partial charge in [-0.3, -0.25) is 14.9 Å². The number of nitro benzene ring substituents is 1. The Morgan fingerprint density at radius 1 is 1.10 bits per heavy atom. The number of hydrogen-bond acceptors (Lipinski definition) is 5. The molecule has 0 spiro atoms. The molecule has 0 radical (unpaired) electrons. The summed E-state index contributed by atoms with van der Waals surface area (Å²) >= 11 is 5.84. The third kappa shape index (κ3) is 5.60.